The highest BCUT2D eigenvalue weighted by molar-refractivity contribution is 5.94. The fraction of sp³-hybridized carbons (Fsp3) is 0.667. The molecular formula is C6H12NO2+. The molecule has 0 saturated carbocycles. The molecule has 0 atom stereocenters. The Bertz CT molecular complexity index is 120. The molecule has 0 aromatic rings. The Hall–Kier alpha value is -0.860. The number of carbonyl (C=O) groups is 1. The minimum absolute atomic E-state index is 0.0287. The van der Waals surface area contributed by atoms with Crippen molar-refractivity contribution in [2.75, 3.05) is 6.61 Å². The van der Waals surface area contributed by atoms with Gasteiger partial charge in [0.1, 0.15) is 12.2 Å². The van der Waals surface area contributed by atoms with Gasteiger partial charge >= 0.3 is 5.90 Å². The van der Waals surface area contributed by atoms with Crippen LogP contribution in [-0.4, -0.2) is 18.3 Å². The third-order valence-corrected chi connectivity index (χ3v) is 0.753. The molecule has 0 radical (unpaired) electrons. The Morgan fingerprint density at radius 2 is 2.22 bits per heavy atom. The minimum atomic E-state index is 0.0287. The molecule has 0 fully saturated rings. The summed E-state index contributed by atoms with van der Waals surface area (Å²) in [6.07, 6.45) is 0.230. The third kappa shape index (κ3) is 5.00. The van der Waals surface area contributed by atoms with E-state index >= 15 is 0 Å². The molecule has 0 saturated heterocycles. The SMILES string of the molecule is CCOC(=[NH2+])CC(C)=O. The van der Waals surface area contributed by atoms with Gasteiger partial charge in [-0.3, -0.25) is 4.79 Å². The van der Waals surface area contributed by atoms with Crippen LogP contribution < -0.4 is 5.41 Å². The molecule has 9 heavy (non-hydrogen) atoms. The van der Waals surface area contributed by atoms with Crippen LogP contribution in [0.2, 0.25) is 0 Å². The summed E-state index contributed by atoms with van der Waals surface area (Å²) in [6.45, 7) is 3.83. The van der Waals surface area contributed by atoms with E-state index in [1.165, 1.54) is 6.92 Å². The zero-order chi connectivity index (χ0) is 7.28. The maximum absolute atomic E-state index is 10.3. The van der Waals surface area contributed by atoms with E-state index in [2.05, 4.69) is 0 Å². The van der Waals surface area contributed by atoms with Gasteiger partial charge in [0.2, 0.25) is 0 Å². The molecule has 0 aliphatic rings. The van der Waals surface area contributed by atoms with Crippen molar-refractivity contribution in [2.24, 2.45) is 0 Å². The predicted octanol–water partition coefficient (Wildman–Crippen LogP) is -0.840. The molecule has 0 aliphatic carbocycles. The quantitative estimate of drug-likeness (QED) is 0.400. The second kappa shape index (κ2) is 4.06. The summed E-state index contributed by atoms with van der Waals surface area (Å²) in [5.74, 6) is 0.339. The summed E-state index contributed by atoms with van der Waals surface area (Å²) < 4.78 is 4.83. The molecule has 0 aromatic heterocycles. The van der Waals surface area contributed by atoms with Gasteiger partial charge < -0.3 is 4.74 Å². The lowest BCUT2D eigenvalue weighted by molar-refractivity contribution is -0.145. The molecule has 3 nitrogen and oxygen atoms in total. The van der Waals surface area contributed by atoms with Crippen molar-refractivity contribution in [1.82, 2.24) is 0 Å². The number of ether oxygens (including phenoxy) is 1. The maximum atomic E-state index is 10.3. The molecule has 0 rings (SSSR count). The topological polar surface area (TPSA) is 51.9 Å². The van der Waals surface area contributed by atoms with Crippen LogP contribution in [0.1, 0.15) is 20.3 Å². The van der Waals surface area contributed by atoms with E-state index in [9.17, 15) is 4.79 Å². The van der Waals surface area contributed by atoms with Gasteiger partial charge in [-0.2, -0.15) is 0 Å². The lowest BCUT2D eigenvalue weighted by atomic mass is 10.3. The number of Topliss-reactive ketones (excluding diaryl/α,β-unsaturated/α-hetero) is 1. The summed E-state index contributed by atoms with van der Waals surface area (Å²) in [5, 5.41) is 5.26. The summed E-state index contributed by atoms with van der Waals surface area (Å²) >= 11 is 0. The molecule has 0 aliphatic heterocycles. The first-order chi connectivity index (χ1) is 4.16. The van der Waals surface area contributed by atoms with Gasteiger partial charge in [-0.05, 0) is 13.8 Å². The highest BCUT2D eigenvalue weighted by Crippen LogP contribution is 1.83. The summed E-state index contributed by atoms with van der Waals surface area (Å²) in [7, 11) is 0. The fourth-order valence-electron chi connectivity index (χ4n) is 0.482. The van der Waals surface area contributed by atoms with Crippen LogP contribution in [0.25, 0.3) is 0 Å². The monoisotopic (exact) mass is 130 g/mol. The third-order valence-electron chi connectivity index (χ3n) is 0.753. The zero-order valence-corrected chi connectivity index (χ0v) is 5.81. The van der Waals surface area contributed by atoms with Crippen molar-refractivity contribution >= 4 is 11.7 Å². The van der Waals surface area contributed by atoms with E-state index in [0.717, 1.165) is 0 Å². The van der Waals surface area contributed by atoms with Gasteiger partial charge in [0, 0.05) is 0 Å². The molecular weight excluding hydrogens is 118 g/mol. The van der Waals surface area contributed by atoms with Gasteiger partial charge in [-0.1, -0.05) is 0 Å². The number of ketones is 1. The Morgan fingerprint density at radius 1 is 1.67 bits per heavy atom. The van der Waals surface area contributed by atoms with Crippen LogP contribution in [-0.2, 0) is 9.53 Å². The van der Waals surface area contributed by atoms with Crippen molar-refractivity contribution in [3.8, 4) is 0 Å². The first kappa shape index (κ1) is 8.14. The van der Waals surface area contributed by atoms with Crippen molar-refractivity contribution in [2.45, 2.75) is 20.3 Å². The van der Waals surface area contributed by atoms with E-state index in [1.807, 2.05) is 6.92 Å². The fourth-order valence-corrected chi connectivity index (χ4v) is 0.482. The van der Waals surface area contributed by atoms with E-state index in [1.54, 1.807) is 0 Å². The summed E-state index contributed by atoms with van der Waals surface area (Å²) in [6, 6.07) is 0. The second-order valence-electron chi connectivity index (χ2n) is 1.78. The molecule has 0 amide bonds. The molecule has 0 spiro atoms. The van der Waals surface area contributed by atoms with E-state index in [-0.39, 0.29) is 12.2 Å². The second-order valence-corrected chi connectivity index (χ2v) is 1.78. The van der Waals surface area contributed by atoms with Crippen LogP contribution in [0.5, 0.6) is 0 Å². The number of carbonyl (C=O) groups excluding carboxylic acids is 1. The molecule has 0 aromatic carbocycles. The molecule has 0 bridgehead atoms. The highest BCUT2D eigenvalue weighted by atomic mass is 16.5. The number of hydrogen-bond acceptors (Lipinski definition) is 2. The van der Waals surface area contributed by atoms with E-state index in [4.69, 9.17) is 10.1 Å². The summed E-state index contributed by atoms with van der Waals surface area (Å²) in [5.41, 5.74) is 0. The summed E-state index contributed by atoms with van der Waals surface area (Å²) in [4.78, 5) is 10.3. The molecule has 52 valence electrons. The number of rotatable bonds is 3. The molecule has 2 N–H and O–H groups in total. The maximum Gasteiger partial charge on any atom is 0.340 e. The zero-order valence-electron chi connectivity index (χ0n) is 5.81. The average molecular weight is 130 g/mol. The van der Waals surface area contributed by atoms with Crippen LogP contribution in [0.15, 0.2) is 0 Å². The first-order valence-corrected chi connectivity index (χ1v) is 2.90. The average Bonchev–Trinajstić information content (AvgIpc) is 1.63. The first-order valence-electron chi connectivity index (χ1n) is 2.90. The lowest BCUT2D eigenvalue weighted by Crippen LogP contribution is -2.42. The number of nitrogens with two attached hydrogens (primary N) is 1. The Morgan fingerprint density at radius 3 is 2.56 bits per heavy atom. The van der Waals surface area contributed by atoms with Crippen LogP contribution in [0.3, 0.4) is 0 Å². The molecule has 3 heteroatoms. The standard InChI is InChI=1S/C6H11NO2/c1-3-9-6(7)4-5(2)8/h7H,3-4H2,1-2H3/p+1. The Labute approximate surface area is 54.5 Å². The molecule has 0 heterocycles. The largest absolute Gasteiger partial charge is 0.448 e. The van der Waals surface area contributed by atoms with Crippen molar-refractivity contribution in [3.63, 3.8) is 0 Å². The van der Waals surface area contributed by atoms with Gasteiger partial charge in [0.05, 0.1) is 6.61 Å². The van der Waals surface area contributed by atoms with E-state index in [0.29, 0.717) is 12.5 Å². The van der Waals surface area contributed by atoms with E-state index < -0.39 is 0 Å². The minimum Gasteiger partial charge on any atom is -0.448 e. The normalized spacial score (nSPS) is 8.67. The van der Waals surface area contributed by atoms with Crippen LogP contribution in [0.4, 0.5) is 0 Å². The van der Waals surface area contributed by atoms with Crippen molar-refractivity contribution < 1.29 is 14.9 Å². The molecule has 0 unspecified atom stereocenters. The van der Waals surface area contributed by atoms with Gasteiger partial charge in [-0.15, -0.1) is 0 Å². The van der Waals surface area contributed by atoms with Gasteiger partial charge in [0.15, 0.2) is 0 Å². The Balaban J connectivity index is 3.39. The van der Waals surface area contributed by atoms with Crippen molar-refractivity contribution in [1.29, 1.82) is 0 Å². The lowest BCUT2D eigenvalue weighted by Gasteiger charge is -1.94. The predicted molar refractivity (Wildman–Crippen MR) is 33.9 cm³/mol. The van der Waals surface area contributed by atoms with Gasteiger partial charge in [0.25, 0.3) is 0 Å². The van der Waals surface area contributed by atoms with Crippen LogP contribution >= 0.6 is 0 Å². The smallest absolute Gasteiger partial charge is 0.340 e. The number of hydrogen-bond donors (Lipinski definition) is 1. The van der Waals surface area contributed by atoms with Gasteiger partial charge in [-0.25, -0.2) is 5.41 Å². The Kier molecular flexibility index (Phi) is 3.67. The van der Waals surface area contributed by atoms with Crippen molar-refractivity contribution in [3.05, 3.63) is 0 Å². The highest BCUT2D eigenvalue weighted by Gasteiger charge is 2.05. The van der Waals surface area contributed by atoms with Crippen LogP contribution in [0, 0.1) is 0 Å².